The number of aromatic nitrogens is 2. The molecule has 0 unspecified atom stereocenters. The molecule has 0 bridgehead atoms. The van der Waals surface area contributed by atoms with Crippen molar-refractivity contribution in [3.63, 3.8) is 0 Å². The van der Waals surface area contributed by atoms with E-state index in [2.05, 4.69) is 14.8 Å². The lowest BCUT2D eigenvalue weighted by Crippen LogP contribution is -2.14. The van der Waals surface area contributed by atoms with E-state index < -0.39 is 5.97 Å². The van der Waals surface area contributed by atoms with E-state index in [0.29, 0.717) is 27.7 Å². The van der Waals surface area contributed by atoms with Crippen molar-refractivity contribution in [3.8, 4) is 6.07 Å². The number of nitriles is 1. The fraction of sp³-hybridized carbons (Fsp3) is 0.0800. The van der Waals surface area contributed by atoms with Gasteiger partial charge in [0.25, 0.3) is 0 Å². The number of carboxylic acid groups (broad SMARTS) is 1. The Bertz CT molecular complexity index is 1420. The Balaban J connectivity index is 1.88. The van der Waals surface area contributed by atoms with Gasteiger partial charge in [-0.2, -0.15) is 14.0 Å². The second-order valence-corrected chi connectivity index (χ2v) is 8.58. The molecule has 0 fully saturated rings. The number of carbonyl (C=O) groups is 2. The van der Waals surface area contributed by atoms with Gasteiger partial charge in [-0.15, -0.1) is 11.8 Å². The summed E-state index contributed by atoms with van der Waals surface area (Å²) in [6.07, 6.45) is 2.04. The van der Waals surface area contributed by atoms with Gasteiger partial charge in [0.1, 0.15) is 11.0 Å². The lowest BCUT2D eigenvalue weighted by atomic mass is 9.89. The SMILES string of the molecule is CSc1ccc(C(=O)C(Cc2ccc(C#N)cc2)=C(C(=O)O)c2ccc3nsnc3c2)cc1. The van der Waals surface area contributed by atoms with Gasteiger partial charge in [-0.05, 0) is 65.9 Å². The summed E-state index contributed by atoms with van der Waals surface area (Å²) in [4.78, 5) is 27.1. The first-order valence-electron chi connectivity index (χ1n) is 9.87. The van der Waals surface area contributed by atoms with Crippen molar-refractivity contribution in [2.24, 2.45) is 0 Å². The van der Waals surface area contributed by atoms with Crippen LogP contribution in [-0.2, 0) is 11.2 Å². The first-order valence-corrected chi connectivity index (χ1v) is 11.8. The first kappa shape index (κ1) is 22.4. The smallest absolute Gasteiger partial charge is 0.336 e. The van der Waals surface area contributed by atoms with Gasteiger partial charge in [0.2, 0.25) is 0 Å². The maximum Gasteiger partial charge on any atom is 0.336 e. The summed E-state index contributed by atoms with van der Waals surface area (Å²) in [6, 6.07) is 20.9. The van der Waals surface area contributed by atoms with Crippen LogP contribution in [0.25, 0.3) is 16.6 Å². The lowest BCUT2D eigenvalue weighted by molar-refractivity contribution is -0.130. The number of Topliss-reactive ketones (excluding diaryl/α,β-unsaturated/α-hetero) is 1. The van der Waals surface area contributed by atoms with Crippen molar-refractivity contribution in [3.05, 3.63) is 94.6 Å². The van der Waals surface area contributed by atoms with Crippen LogP contribution in [0.1, 0.15) is 27.0 Å². The van der Waals surface area contributed by atoms with Crippen molar-refractivity contribution < 1.29 is 14.7 Å². The molecule has 1 N–H and O–H groups in total. The van der Waals surface area contributed by atoms with Crippen molar-refractivity contribution in [1.82, 2.24) is 8.75 Å². The molecule has 8 heteroatoms. The predicted octanol–water partition coefficient (Wildman–Crippen LogP) is 5.25. The monoisotopic (exact) mass is 471 g/mol. The topological polar surface area (TPSA) is 104 Å². The molecule has 4 aromatic rings. The van der Waals surface area contributed by atoms with E-state index in [1.165, 1.54) is 0 Å². The standard InChI is InChI=1S/C25H17N3O3S2/c1-32-19-9-6-17(7-10-19)24(29)20(12-15-2-4-16(14-26)5-3-15)23(25(30)31)18-8-11-21-22(13-18)28-33-27-21/h2-11,13H,12H2,1H3,(H,30,31). The third-order valence-electron chi connectivity index (χ3n) is 5.15. The summed E-state index contributed by atoms with van der Waals surface area (Å²) in [7, 11) is 0. The van der Waals surface area contributed by atoms with Gasteiger partial charge in [-0.1, -0.05) is 18.2 Å². The van der Waals surface area contributed by atoms with E-state index in [9.17, 15) is 14.7 Å². The summed E-state index contributed by atoms with van der Waals surface area (Å²) in [5.74, 6) is -1.56. The van der Waals surface area contributed by atoms with Crippen LogP contribution >= 0.6 is 23.5 Å². The number of rotatable bonds is 7. The number of nitrogens with zero attached hydrogens (tertiary/aromatic N) is 3. The molecule has 6 nitrogen and oxygen atoms in total. The zero-order chi connectivity index (χ0) is 23.4. The maximum atomic E-state index is 13.6. The van der Waals surface area contributed by atoms with Crippen LogP contribution in [0.15, 0.2) is 77.2 Å². The number of fused-ring (bicyclic) bond motifs is 1. The molecule has 0 saturated carbocycles. The van der Waals surface area contributed by atoms with Gasteiger partial charge in [0.15, 0.2) is 5.78 Å². The Morgan fingerprint density at radius 1 is 0.970 bits per heavy atom. The van der Waals surface area contributed by atoms with Crippen molar-refractivity contribution in [2.75, 3.05) is 6.26 Å². The highest BCUT2D eigenvalue weighted by molar-refractivity contribution is 7.98. The molecule has 0 atom stereocenters. The second kappa shape index (κ2) is 9.77. The normalized spacial score (nSPS) is 11.6. The number of ketones is 1. The fourth-order valence-corrected chi connectivity index (χ4v) is 4.39. The highest BCUT2D eigenvalue weighted by atomic mass is 32.2. The molecule has 3 aromatic carbocycles. The van der Waals surface area contributed by atoms with E-state index in [1.807, 2.05) is 18.4 Å². The van der Waals surface area contributed by atoms with Crippen LogP contribution in [0.2, 0.25) is 0 Å². The predicted molar refractivity (Wildman–Crippen MR) is 129 cm³/mol. The average molecular weight is 472 g/mol. The van der Waals surface area contributed by atoms with Crippen LogP contribution in [-0.4, -0.2) is 31.9 Å². The fourth-order valence-electron chi connectivity index (χ4n) is 3.46. The van der Waals surface area contributed by atoms with E-state index >= 15 is 0 Å². The number of hydrogen-bond acceptors (Lipinski definition) is 7. The van der Waals surface area contributed by atoms with Crippen molar-refractivity contribution in [1.29, 1.82) is 5.26 Å². The zero-order valence-electron chi connectivity index (χ0n) is 17.5. The van der Waals surface area contributed by atoms with Crippen LogP contribution in [0.3, 0.4) is 0 Å². The molecule has 0 spiro atoms. The molecule has 33 heavy (non-hydrogen) atoms. The lowest BCUT2D eigenvalue weighted by Gasteiger charge is -2.13. The van der Waals surface area contributed by atoms with Crippen LogP contribution in [0.5, 0.6) is 0 Å². The highest BCUT2D eigenvalue weighted by Crippen LogP contribution is 2.28. The van der Waals surface area contributed by atoms with Gasteiger partial charge < -0.3 is 5.11 Å². The molecule has 0 saturated heterocycles. The summed E-state index contributed by atoms with van der Waals surface area (Å²) >= 11 is 2.60. The molecule has 0 amide bonds. The zero-order valence-corrected chi connectivity index (χ0v) is 19.1. The molecule has 0 aliphatic rings. The summed E-state index contributed by atoms with van der Waals surface area (Å²) in [5, 5.41) is 19.2. The third-order valence-corrected chi connectivity index (χ3v) is 6.45. The Labute approximate surface area is 198 Å². The molecular weight excluding hydrogens is 454 g/mol. The van der Waals surface area contributed by atoms with Gasteiger partial charge >= 0.3 is 5.97 Å². The summed E-state index contributed by atoms with van der Waals surface area (Å²) in [6.45, 7) is 0. The second-order valence-electron chi connectivity index (χ2n) is 7.17. The maximum absolute atomic E-state index is 13.6. The first-order chi connectivity index (χ1) is 16.0. The molecular formula is C25H17N3O3S2. The highest BCUT2D eigenvalue weighted by Gasteiger charge is 2.24. The minimum Gasteiger partial charge on any atom is -0.478 e. The summed E-state index contributed by atoms with van der Waals surface area (Å²) < 4.78 is 8.37. The third kappa shape index (κ3) is 4.85. The number of benzene rings is 3. The van der Waals surface area contributed by atoms with Crippen molar-refractivity contribution >= 4 is 51.8 Å². The number of carboxylic acids is 1. The minimum atomic E-state index is -1.20. The van der Waals surface area contributed by atoms with E-state index in [0.717, 1.165) is 22.2 Å². The van der Waals surface area contributed by atoms with Crippen LogP contribution in [0.4, 0.5) is 0 Å². The van der Waals surface area contributed by atoms with Gasteiger partial charge in [0.05, 0.1) is 28.9 Å². The Morgan fingerprint density at radius 2 is 1.64 bits per heavy atom. The minimum absolute atomic E-state index is 0.0757. The number of thioether (sulfide) groups is 1. The van der Waals surface area contributed by atoms with Gasteiger partial charge in [-0.25, -0.2) is 4.79 Å². The summed E-state index contributed by atoms with van der Waals surface area (Å²) in [5.41, 5.74) is 3.34. The Morgan fingerprint density at radius 3 is 2.27 bits per heavy atom. The Kier molecular flexibility index (Phi) is 6.63. The van der Waals surface area contributed by atoms with Gasteiger partial charge in [0, 0.05) is 22.5 Å². The molecule has 1 heterocycles. The Hall–Kier alpha value is -3.80. The number of allylic oxidation sites excluding steroid dienone is 1. The van der Waals surface area contributed by atoms with Crippen LogP contribution in [0, 0.1) is 11.3 Å². The molecule has 1 aromatic heterocycles. The largest absolute Gasteiger partial charge is 0.478 e. The van der Waals surface area contributed by atoms with Crippen molar-refractivity contribution in [2.45, 2.75) is 11.3 Å². The molecule has 0 aliphatic carbocycles. The van der Waals surface area contributed by atoms with Gasteiger partial charge in [-0.3, -0.25) is 4.79 Å². The number of aliphatic carboxylic acids is 1. The molecule has 0 aliphatic heterocycles. The van der Waals surface area contributed by atoms with E-state index in [4.69, 9.17) is 5.26 Å². The number of hydrogen-bond donors (Lipinski definition) is 1. The number of carbonyl (C=O) groups excluding carboxylic acids is 1. The molecule has 162 valence electrons. The van der Waals surface area contributed by atoms with E-state index in [-0.39, 0.29) is 23.4 Å². The quantitative estimate of drug-likeness (QED) is 0.223. The van der Waals surface area contributed by atoms with E-state index in [1.54, 1.807) is 66.4 Å². The molecule has 0 radical (unpaired) electrons. The van der Waals surface area contributed by atoms with Crippen LogP contribution < -0.4 is 0 Å². The average Bonchev–Trinajstić information content (AvgIpc) is 3.31. The molecule has 4 rings (SSSR count).